The summed E-state index contributed by atoms with van der Waals surface area (Å²) in [7, 11) is 0.847. The number of rotatable bonds is 3. The summed E-state index contributed by atoms with van der Waals surface area (Å²) in [5.74, 6) is -0.0574. The summed E-state index contributed by atoms with van der Waals surface area (Å²) in [4.78, 5) is 0. The van der Waals surface area contributed by atoms with Crippen LogP contribution in [-0.2, 0) is 0 Å². The van der Waals surface area contributed by atoms with Crippen molar-refractivity contribution >= 4 is 7.48 Å². The van der Waals surface area contributed by atoms with E-state index in [4.69, 9.17) is 10.1 Å². The van der Waals surface area contributed by atoms with Crippen LogP contribution in [0.1, 0.15) is 0 Å². The quantitative estimate of drug-likeness (QED) is 0.330. The van der Waals surface area contributed by atoms with Crippen LogP contribution < -0.4 is 0 Å². The molecule has 2 nitrogen and oxygen atoms in total. The smallest absolute Gasteiger partial charge is 0.326 e. The SMILES string of the molecule is C=C(O)/C=C\C(=C)[B]O. The Morgan fingerprint density at radius 1 is 1.33 bits per heavy atom. The van der Waals surface area contributed by atoms with Crippen molar-refractivity contribution in [3.63, 3.8) is 0 Å². The lowest BCUT2D eigenvalue weighted by atomic mass is 9.89. The zero-order chi connectivity index (χ0) is 7.28. The lowest BCUT2D eigenvalue weighted by molar-refractivity contribution is 0.435. The molecule has 0 spiro atoms. The third kappa shape index (κ3) is 4.91. The predicted octanol–water partition coefficient (Wildman–Crippen LogP) is 0.739. The van der Waals surface area contributed by atoms with E-state index in [1.807, 2.05) is 0 Å². The largest absolute Gasteiger partial charge is 0.509 e. The Morgan fingerprint density at radius 2 is 1.89 bits per heavy atom. The van der Waals surface area contributed by atoms with Crippen molar-refractivity contribution < 1.29 is 10.1 Å². The summed E-state index contributed by atoms with van der Waals surface area (Å²) in [6.45, 7) is 6.59. The molecule has 0 atom stereocenters. The number of hydrogen-bond acceptors (Lipinski definition) is 2. The molecular weight excluding hydrogens is 115 g/mol. The van der Waals surface area contributed by atoms with Gasteiger partial charge in [-0.15, -0.1) is 6.58 Å². The fraction of sp³-hybridized carbons (Fsp3) is 0. The van der Waals surface area contributed by atoms with Crippen LogP contribution in [0.3, 0.4) is 0 Å². The molecule has 1 radical (unpaired) electrons. The van der Waals surface area contributed by atoms with E-state index >= 15 is 0 Å². The molecule has 0 aliphatic heterocycles. The average molecular weight is 123 g/mol. The molecular formula is C6H8BO2. The third-order valence-corrected chi connectivity index (χ3v) is 0.656. The van der Waals surface area contributed by atoms with Gasteiger partial charge >= 0.3 is 7.48 Å². The Balaban J connectivity index is 3.71. The summed E-state index contributed by atoms with van der Waals surface area (Å²) in [5.41, 5.74) is 0.421. The fourth-order valence-corrected chi connectivity index (χ4v) is 0.246. The highest BCUT2D eigenvalue weighted by molar-refractivity contribution is 6.37. The second kappa shape index (κ2) is 3.98. The molecule has 0 bridgehead atoms. The van der Waals surface area contributed by atoms with E-state index in [2.05, 4.69) is 13.2 Å². The fourth-order valence-electron chi connectivity index (χ4n) is 0.246. The van der Waals surface area contributed by atoms with E-state index in [-0.39, 0.29) is 5.76 Å². The van der Waals surface area contributed by atoms with Gasteiger partial charge in [-0.05, 0) is 6.08 Å². The van der Waals surface area contributed by atoms with Crippen LogP contribution in [-0.4, -0.2) is 17.6 Å². The van der Waals surface area contributed by atoms with Crippen molar-refractivity contribution in [1.82, 2.24) is 0 Å². The third-order valence-electron chi connectivity index (χ3n) is 0.656. The minimum Gasteiger partial charge on any atom is -0.509 e. The molecule has 47 valence electrons. The molecule has 2 N–H and O–H groups in total. The first-order valence-electron chi connectivity index (χ1n) is 2.39. The van der Waals surface area contributed by atoms with Crippen LogP contribution in [0.2, 0.25) is 0 Å². The van der Waals surface area contributed by atoms with Gasteiger partial charge in [0.1, 0.15) is 5.76 Å². The highest BCUT2D eigenvalue weighted by Gasteiger charge is 1.85. The molecule has 0 aliphatic carbocycles. The van der Waals surface area contributed by atoms with Gasteiger partial charge in [0.2, 0.25) is 0 Å². The Labute approximate surface area is 55.1 Å². The number of hydrogen-bond donors (Lipinski definition) is 2. The highest BCUT2D eigenvalue weighted by atomic mass is 16.3. The normalized spacial score (nSPS) is 9.44. The topological polar surface area (TPSA) is 40.5 Å². The van der Waals surface area contributed by atoms with Crippen molar-refractivity contribution in [3.8, 4) is 0 Å². The number of aliphatic hydroxyl groups excluding tert-OH is 1. The van der Waals surface area contributed by atoms with E-state index in [1.54, 1.807) is 0 Å². The maximum Gasteiger partial charge on any atom is 0.326 e. The monoisotopic (exact) mass is 123 g/mol. The van der Waals surface area contributed by atoms with Crippen molar-refractivity contribution in [3.05, 3.63) is 36.5 Å². The maximum atomic E-state index is 8.48. The van der Waals surface area contributed by atoms with E-state index < -0.39 is 0 Å². The zero-order valence-corrected chi connectivity index (χ0v) is 5.04. The summed E-state index contributed by atoms with van der Waals surface area (Å²) in [6.07, 6.45) is 2.79. The van der Waals surface area contributed by atoms with Crippen LogP contribution in [0.25, 0.3) is 0 Å². The van der Waals surface area contributed by atoms with Gasteiger partial charge in [0.25, 0.3) is 0 Å². The van der Waals surface area contributed by atoms with E-state index in [9.17, 15) is 0 Å². The standard InChI is InChI=1S/C6H8BO2/c1-5(7-9)3-4-6(2)8/h3-4,8-9H,1-2H2/b4-3-. The molecule has 0 rings (SSSR count). The molecule has 0 aromatic rings. The van der Waals surface area contributed by atoms with Crippen LogP contribution in [0, 0.1) is 0 Å². The Bertz CT molecular complexity index is 149. The van der Waals surface area contributed by atoms with Gasteiger partial charge in [0.15, 0.2) is 0 Å². The second-order valence-electron chi connectivity index (χ2n) is 1.53. The molecule has 0 aliphatic rings. The highest BCUT2D eigenvalue weighted by Crippen LogP contribution is 1.91. The van der Waals surface area contributed by atoms with Crippen LogP contribution in [0.5, 0.6) is 0 Å². The van der Waals surface area contributed by atoms with Gasteiger partial charge < -0.3 is 10.1 Å². The molecule has 9 heavy (non-hydrogen) atoms. The van der Waals surface area contributed by atoms with Crippen molar-refractivity contribution in [2.24, 2.45) is 0 Å². The van der Waals surface area contributed by atoms with Gasteiger partial charge in [-0.3, -0.25) is 0 Å². The van der Waals surface area contributed by atoms with Crippen molar-refractivity contribution in [1.29, 1.82) is 0 Å². The first kappa shape index (κ1) is 8.04. The van der Waals surface area contributed by atoms with E-state index in [0.717, 1.165) is 7.48 Å². The number of aliphatic hydroxyl groups is 1. The van der Waals surface area contributed by atoms with Crippen LogP contribution in [0.4, 0.5) is 0 Å². The first-order valence-corrected chi connectivity index (χ1v) is 2.39. The summed E-state index contributed by atoms with van der Waals surface area (Å²) in [5, 5.41) is 16.7. The summed E-state index contributed by atoms with van der Waals surface area (Å²) < 4.78 is 0. The summed E-state index contributed by atoms with van der Waals surface area (Å²) in [6, 6.07) is 0. The Morgan fingerprint density at radius 3 is 2.22 bits per heavy atom. The predicted molar refractivity (Wildman–Crippen MR) is 38.0 cm³/mol. The minimum absolute atomic E-state index is 0.0574. The van der Waals surface area contributed by atoms with Crippen LogP contribution in [0.15, 0.2) is 36.5 Å². The van der Waals surface area contributed by atoms with E-state index in [0.29, 0.717) is 5.47 Å². The Hall–Kier alpha value is -0.955. The molecule has 0 unspecified atom stereocenters. The second-order valence-corrected chi connectivity index (χ2v) is 1.53. The van der Waals surface area contributed by atoms with Crippen LogP contribution >= 0.6 is 0 Å². The lowest BCUT2D eigenvalue weighted by Crippen LogP contribution is -1.87. The molecule has 0 fully saturated rings. The van der Waals surface area contributed by atoms with Gasteiger partial charge in [0.05, 0.1) is 0 Å². The maximum absolute atomic E-state index is 8.48. The zero-order valence-electron chi connectivity index (χ0n) is 5.04. The Kier molecular flexibility index (Phi) is 3.56. The van der Waals surface area contributed by atoms with Gasteiger partial charge in [-0.25, -0.2) is 0 Å². The first-order chi connectivity index (χ1) is 4.16. The molecule has 0 aromatic heterocycles. The van der Waals surface area contributed by atoms with E-state index in [1.165, 1.54) is 12.2 Å². The average Bonchev–Trinajstić information content (AvgIpc) is 1.83. The molecule has 0 aromatic carbocycles. The molecule has 3 heteroatoms. The van der Waals surface area contributed by atoms with Crippen molar-refractivity contribution in [2.75, 3.05) is 0 Å². The molecule has 0 amide bonds. The molecule has 0 heterocycles. The minimum atomic E-state index is -0.0574. The van der Waals surface area contributed by atoms with Gasteiger partial charge in [-0.1, -0.05) is 18.1 Å². The molecule has 0 saturated heterocycles. The lowest BCUT2D eigenvalue weighted by Gasteiger charge is -1.86. The van der Waals surface area contributed by atoms with Gasteiger partial charge in [-0.2, -0.15) is 0 Å². The summed E-state index contributed by atoms with van der Waals surface area (Å²) >= 11 is 0. The number of allylic oxidation sites excluding steroid dienone is 3. The van der Waals surface area contributed by atoms with Crippen molar-refractivity contribution in [2.45, 2.75) is 0 Å². The van der Waals surface area contributed by atoms with Gasteiger partial charge in [0, 0.05) is 0 Å². The molecule has 0 saturated carbocycles.